The van der Waals surface area contributed by atoms with Gasteiger partial charge in [0.1, 0.15) is 0 Å². The molecule has 0 amide bonds. The summed E-state index contributed by atoms with van der Waals surface area (Å²) in [5, 5.41) is 14.1. The number of non-ortho nitro benzene ring substituents is 1. The highest BCUT2D eigenvalue weighted by atomic mass is 79.9. The Balaban J connectivity index is 2.07. The molecule has 1 heterocycles. The molecule has 0 aromatic heterocycles. The summed E-state index contributed by atoms with van der Waals surface area (Å²) in [6.07, 6.45) is 2.31. The fourth-order valence-corrected chi connectivity index (χ4v) is 2.72. The maximum atomic E-state index is 10.7. The zero-order chi connectivity index (χ0) is 13.1. The van der Waals surface area contributed by atoms with Crippen LogP contribution in [-0.4, -0.2) is 36.0 Å². The predicted octanol–water partition coefficient (Wildman–Crippen LogP) is 2.86. The number of nitrogens with one attached hydrogen (secondary N) is 1. The molecular weight excluding hydrogens is 298 g/mol. The Morgan fingerprint density at radius 3 is 2.94 bits per heavy atom. The van der Waals surface area contributed by atoms with E-state index < -0.39 is 0 Å². The topological polar surface area (TPSA) is 58.4 Å². The number of nitro groups is 1. The number of nitro benzene ring substituents is 1. The van der Waals surface area contributed by atoms with Crippen LogP contribution in [0.25, 0.3) is 0 Å². The van der Waals surface area contributed by atoms with Gasteiger partial charge in [0.2, 0.25) is 0 Å². The molecule has 1 saturated heterocycles. The molecule has 1 aromatic carbocycles. The summed E-state index contributed by atoms with van der Waals surface area (Å²) in [4.78, 5) is 12.6. The van der Waals surface area contributed by atoms with E-state index in [0.717, 1.165) is 29.7 Å². The Morgan fingerprint density at radius 1 is 1.56 bits per heavy atom. The lowest BCUT2D eigenvalue weighted by Crippen LogP contribution is -2.39. The molecule has 5 nitrogen and oxygen atoms in total. The molecule has 1 atom stereocenters. The summed E-state index contributed by atoms with van der Waals surface area (Å²) < 4.78 is 0.741. The van der Waals surface area contributed by atoms with Crippen molar-refractivity contribution in [3.8, 4) is 0 Å². The minimum Gasteiger partial charge on any atom is -0.380 e. The fraction of sp³-hybridized carbons (Fsp3) is 0.500. The Labute approximate surface area is 114 Å². The van der Waals surface area contributed by atoms with Gasteiger partial charge in [-0.05, 0) is 48.4 Å². The van der Waals surface area contributed by atoms with Crippen LogP contribution in [0.1, 0.15) is 12.8 Å². The van der Waals surface area contributed by atoms with Gasteiger partial charge in [-0.15, -0.1) is 0 Å². The summed E-state index contributed by atoms with van der Waals surface area (Å²) in [6.45, 7) is 2.14. The fourth-order valence-electron chi connectivity index (χ4n) is 2.24. The first-order valence-corrected chi connectivity index (χ1v) is 6.74. The van der Waals surface area contributed by atoms with Gasteiger partial charge in [0, 0.05) is 34.9 Å². The number of hydrogen-bond donors (Lipinski definition) is 1. The summed E-state index contributed by atoms with van der Waals surface area (Å²) >= 11 is 3.38. The van der Waals surface area contributed by atoms with Crippen LogP contribution >= 0.6 is 15.9 Å². The van der Waals surface area contributed by atoms with Crippen molar-refractivity contribution < 1.29 is 4.92 Å². The van der Waals surface area contributed by atoms with Crippen molar-refractivity contribution in [2.24, 2.45) is 0 Å². The number of hydrogen-bond acceptors (Lipinski definition) is 4. The molecule has 1 aliphatic heterocycles. The molecule has 1 unspecified atom stereocenters. The minimum atomic E-state index is -0.386. The molecule has 0 radical (unpaired) electrons. The van der Waals surface area contributed by atoms with Gasteiger partial charge in [-0.3, -0.25) is 10.1 Å². The molecular formula is C12H16BrN3O2. The molecule has 98 valence electrons. The van der Waals surface area contributed by atoms with E-state index in [-0.39, 0.29) is 10.6 Å². The number of halogens is 1. The highest BCUT2D eigenvalue weighted by Gasteiger charge is 2.18. The number of likely N-dealkylation sites (tertiary alicyclic amines) is 1. The van der Waals surface area contributed by atoms with E-state index in [0.29, 0.717) is 6.04 Å². The van der Waals surface area contributed by atoms with Crippen LogP contribution < -0.4 is 5.32 Å². The highest BCUT2D eigenvalue weighted by molar-refractivity contribution is 9.10. The summed E-state index contributed by atoms with van der Waals surface area (Å²) in [6, 6.07) is 5.23. The van der Waals surface area contributed by atoms with Crippen molar-refractivity contribution in [2.75, 3.05) is 25.5 Å². The standard InChI is InChI=1S/C12H16BrN3O2/c1-15-6-2-3-9(8-15)14-12-5-4-10(16(17)18)7-11(12)13/h4-5,7,9,14H,2-3,6,8H2,1H3. The van der Waals surface area contributed by atoms with Gasteiger partial charge in [0.15, 0.2) is 0 Å². The molecule has 0 aliphatic carbocycles. The second-order valence-electron chi connectivity index (χ2n) is 4.67. The summed E-state index contributed by atoms with van der Waals surface area (Å²) in [5.41, 5.74) is 1.02. The van der Waals surface area contributed by atoms with Gasteiger partial charge in [0.25, 0.3) is 5.69 Å². The van der Waals surface area contributed by atoms with Gasteiger partial charge >= 0.3 is 0 Å². The van der Waals surface area contributed by atoms with Crippen LogP contribution in [0.15, 0.2) is 22.7 Å². The number of rotatable bonds is 3. The third kappa shape index (κ3) is 3.20. The third-order valence-electron chi connectivity index (χ3n) is 3.15. The smallest absolute Gasteiger partial charge is 0.270 e. The van der Waals surface area contributed by atoms with E-state index in [9.17, 15) is 10.1 Å². The Morgan fingerprint density at radius 2 is 2.33 bits per heavy atom. The molecule has 1 aromatic rings. The Bertz CT molecular complexity index is 453. The minimum absolute atomic E-state index is 0.105. The molecule has 0 saturated carbocycles. The lowest BCUT2D eigenvalue weighted by molar-refractivity contribution is -0.384. The first-order chi connectivity index (χ1) is 8.56. The van der Waals surface area contributed by atoms with Crippen LogP contribution in [0, 0.1) is 10.1 Å². The normalized spacial score (nSPS) is 20.7. The number of benzene rings is 1. The second-order valence-corrected chi connectivity index (χ2v) is 5.52. The maximum Gasteiger partial charge on any atom is 0.270 e. The quantitative estimate of drug-likeness (QED) is 0.688. The summed E-state index contributed by atoms with van der Waals surface area (Å²) in [5.74, 6) is 0. The van der Waals surface area contributed by atoms with E-state index in [4.69, 9.17) is 0 Å². The van der Waals surface area contributed by atoms with E-state index in [1.807, 2.05) is 0 Å². The number of likely N-dealkylation sites (N-methyl/N-ethyl adjacent to an activating group) is 1. The molecule has 1 fully saturated rings. The van der Waals surface area contributed by atoms with Crippen LogP contribution in [0.4, 0.5) is 11.4 Å². The van der Waals surface area contributed by atoms with Crippen molar-refractivity contribution in [1.82, 2.24) is 4.90 Å². The zero-order valence-electron chi connectivity index (χ0n) is 10.2. The molecule has 1 aliphatic rings. The molecule has 6 heteroatoms. The average molecular weight is 314 g/mol. The first-order valence-electron chi connectivity index (χ1n) is 5.95. The van der Waals surface area contributed by atoms with Crippen molar-refractivity contribution in [2.45, 2.75) is 18.9 Å². The average Bonchev–Trinajstić information content (AvgIpc) is 2.31. The van der Waals surface area contributed by atoms with Crippen molar-refractivity contribution in [1.29, 1.82) is 0 Å². The van der Waals surface area contributed by atoms with Crippen LogP contribution in [-0.2, 0) is 0 Å². The first kappa shape index (κ1) is 13.3. The van der Waals surface area contributed by atoms with Crippen LogP contribution in [0.3, 0.4) is 0 Å². The zero-order valence-corrected chi connectivity index (χ0v) is 11.8. The predicted molar refractivity (Wildman–Crippen MR) is 74.9 cm³/mol. The molecule has 1 N–H and O–H groups in total. The molecule has 2 rings (SSSR count). The Hall–Kier alpha value is -1.14. The van der Waals surface area contributed by atoms with Gasteiger partial charge in [-0.25, -0.2) is 0 Å². The van der Waals surface area contributed by atoms with Gasteiger partial charge in [0.05, 0.1) is 4.92 Å². The van der Waals surface area contributed by atoms with E-state index in [1.165, 1.54) is 18.6 Å². The van der Waals surface area contributed by atoms with Crippen molar-refractivity contribution >= 4 is 27.3 Å². The number of nitrogens with zero attached hydrogens (tertiary/aromatic N) is 2. The van der Waals surface area contributed by atoms with E-state index in [2.05, 4.69) is 33.2 Å². The number of piperidine rings is 1. The highest BCUT2D eigenvalue weighted by Crippen LogP contribution is 2.28. The van der Waals surface area contributed by atoms with Gasteiger partial charge in [-0.1, -0.05) is 0 Å². The van der Waals surface area contributed by atoms with Gasteiger partial charge in [-0.2, -0.15) is 0 Å². The second kappa shape index (κ2) is 5.67. The molecule has 0 bridgehead atoms. The van der Waals surface area contributed by atoms with Gasteiger partial charge < -0.3 is 10.2 Å². The largest absolute Gasteiger partial charge is 0.380 e. The SMILES string of the molecule is CN1CCCC(Nc2ccc([N+](=O)[O-])cc2Br)C1. The van der Waals surface area contributed by atoms with E-state index in [1.54, 1.807) is 6.07 Å². The van der Waals surface area contributed by atoms with Crippen molar-refractivity contribution in [3.05, 3.63) is 32.8 Å². The lowest BCUT2D eigenvalue weighted by Gasteiger charge is -2.31. The van der Waals surface area contributed by atoms with Crippen LogP contribution in [0.2, 0.25) is 0 Å². The maximum absolute atomic E-state index is 10.7. The Kier molecular flexibility index (Phi) is 4.19. The third-order valence-corrected chi connectivity index (χ3v) is 3.80. The van der Waals surface area contributed by atoms with Crippen LogP contribution in [0.5, 0.6) is 0 Å². The monoisotopic (exact) mass is 313 g/mol. The van der Waals surface area contributed by atoms with Crippen molar-refractivity contribution in [3.63, 3.8) is 0 Å². The molecule has 18 heavy (non-hydrogen) atoms. The van der Waals surface area contributed by atoms with E-state index >= 15 is 0 Å². The summed E-state index contributed by atoms with van der Waals surface area (Å²) in [7, 11) is 2.11. The molecule has 0 spiro atoms. The lowest BCUT2D eigenvalue weighted by atomic mass is 10.1. The number of anilines is 1.